The maximum absolute atomic E-state index is 12.3. The number of hydrogen-bond donors (Lipinski definition) is 1. The summed E-state index contributed by atoms with van der Waals surface area (Å²) in [5, 5.41) is 3.15. The zero-order valence-electron chi connectivity index (χ0n) is 10.2. The number of hydrogen-bond acceptors (Lipinski definition) is 4. The maximum Gasteiger partial charge on any atom is 0.255 e. The van der Waals surface area contributed by atoms with Gasteiger partial charge in [0.05, 0.1) is 10.5 Å². The lowest BCUT2D eigenvalue weighted by atomic mass is 10.2. The summed E-state index contributed by atoms with van der Waals surface area (Å²) in [5.74, 6) is -0.211. The van der Waals surface area contributed by atoms with Crippen LogP contribution in [0.2, 0.25) is 0 Å². The Hall–Kier alpha value is -1.40. The van der Waals surface area contributed by atoms with E-state index >= 15 is 0 Å². The van der Waals surface area contributed by atoms with Crippen molar-refractivity contribution in [1.29, 1.82) is 0 Å². The predicted octanol–water partition coefficient (Wildman–Crippen LogP) is 0.136. The van der Waals surface area contributed by atoms with E-state index < -0.39 is 9.84 Å². The molecule has 1 heterocycles. The highest BCUT2D eigenvalue weighted by molar-refractivity contribution is 7.90. The molecular formula is C12H16N2O3S. The van der Waals surface area contributed by atoms with Crippen molar-refractivity contribution >= 4 is 15.7 Å². The number of piperazine rings is 1. The summed E-state index contributed by atoms with van der Waals surface area (Å²) in [6.45, 7) is 2.70. The van der Waals surface area contributed by atoms with Gasteiger partial charge in [0.25, 0.3) is 5.91 Å². The number of nitrogens with zero attached hydrogens (tertiary/aromatic N) is 1. The monoisotopic (exact) mass is 268 g/mol. The average molecular weight is 268 g/mol. The van der Waals surface area contributed by atoms with Gasteiger partial charge < -0.3 is 10.2 Å². The second-order valence-corrected chi connectivity index (χ2v) is 6.29. The van der Waals surface area contributed by atoms with Crippen molar-refractivity contribution in [3.05, 3.63) is 29.8 Å². The molecule has 1 N–H and O–H groups in total. The summed E-state index contributed by atoms with van der Waals surface area (Å²) in [6.07, 6.45) is 1.12. The minimum Gasteiger partial charge on any atom is -0.336 e. The van der Waals surface area contributed by atoms with Gasteiger partial charge in [0.2, 0.25) is 0 Å². The molecule has 2 rings (SSSR count). The number of nitrogens with one attached hydrogen (secondary N) is 1. The van der Waals surface area contributed by atoms with Crippen LogP contribution in [0.4, 0.5) is 0 Å². The van der Waals surface area contributed by atoms with Gasteiger partial charge in [0, 0.05) is 32.4 Å². The number of rotatable bonds is 2. The second kappa shape index (κ2) is 5.07. The fourth-order valence-electron chi connectivity index (χ4n) is 2.00. The zero-order valence-corrected chi connectivity index (χ0v) is 11.0. The van der Waals surface area contributed by atoms with Gasteiger partial charge in [0.15, 0.2) is 9.84 Å². The maximum atomic E-state index is 12.3. The molecule has 0 radical (unpaired) electrons. The molecule has 1 aromatic carbocycles. The molecule has 0 unspecified atom stereocenters. The van der Waals surface area contributed by atoms with E-state index in [0.29, 0.717) is 13.1 Å². The molecule has 1 aliphatic rings. The van der Waals surface area contributed by atoms with Crippen LogP contribution in [0.3, 0.4) is 0 Å². The molecule has 98 valence electrons. The Bertz CT molecular complexity index is 548. The lowest BCUT2D eigenvalue weighted by Crippen LogP contribution is -2.46. The second-order valence-electron chi connectivity index (χ2n) is 4.31. The van der Waals surface area contributed by atoms with Crippen LogP contribution in [0, 0.1) is 0 Å². The quantitative estimate of drug-likeness (QED) is 0.828. The van der Waals surface area contributed by atoms with E-state index in [1.54, 1.807) is 23.1 Å². The standard InChI is InChI=1S/C12H16N2O3S/c1-18(16,17)11-5-3-2-4-10(11)12(15)14-8-6-13-7-9-14/h2-5,13H,6-9H2,1H3. The summed E-state index contributed by atoms with van der Waals surface area (Å²) in [7, 11) is -3.38. The van der Waals surface area contributed by atoms with Gasteiger partial charge in [-0.25, -0.2) is 8.42 Å². The molecule has 5 nitrogen and oxygen atoms in total. The minimum atomic E-state index is -3.38. The highest BCUT2D eigenvalue weighted by atomic mass is 32.2. The molecule has 1 aliphatic heterocycles. The van der Waals surface area contributed by atoms with Crippen molar-refractivity contribution < 1.29 is 13.2 Å². The number of amides is 1. The number of sulfone groups is 1. The molecule has 0 saturated carbocycles. The van der Waals surface area contributed by atoms with E-state index in [1.165, 1.54) is 6.07 Å². The lowest BCUT2D eigenvalue weighted by molar-refractivity contribution is 0.0732. The topological polar surface area (TPSA) is 66.5 Å². The van der Waals surface area contributed by atoms with Crippen molar-refractivity contribution in [2.75, 3.05) is 32.4 Å². The Morgan fingerprint density at radius 2 is 1.83 bits per heavy atom. The van der Waals surface area contributed by atoms with Crippen molar-refractivity contribution in [2.45, 2.75) is 4.90 Å². The minimum absolute atomic E-state index is 0.105. The Morgan fingerprint density at radius 1 is 1.22 bits per heavy atom. The molecule has 1 saturated heterocycles. The van der Waals surface area contributed by atoms with E-state index in [1.807, 2.05) is 0 Å². The Labute approximate surface area is 107 Å². The number of benzene rings is 1. The molecule has 0 spiro atoms. The van der Waals surface area contributed by atoms with Gasteiger partial charge in [-0.15, -0.1) is 0 Å². The molecule has 1 aromatic rings. The third kappa shape index (κ3) is 2.70. The molecule has 18 heavy (non-hydrogen) atoms. The fraction of sp³-hybridized carbons (Fsp3) is 0.417. The number of carbonyl (C=O) groups is 1. The normalized spacial score (nSPS) is 16.6. The first kappa shape index (κ1) is 13.0. The third-order valence-electron chi connectivity index (χ3n) is 2.92. The summed E-state index contributed by atoms with van der Waals surface area (Å²) in [5.41, 5.74) is 0.266. The first-order valence-corrected chi connectivity index (χ1v) is 7.68. The van der Waals surface area contributed by atoms with Crippen LogP contribution < -0.4 is 5.32 Å². The largest absolute Gasteiger partial charge is 0.336 e. The van der Waals surface area contributed by atoms with Gasteiger partial charge in [0.1, 0.15) is 0 Å². The highest BCUT2D eigenvalue weighted by Crippen LogP contribution is 2.17. The van der Waals surface area contributed by atoms with Crippen LogP contribution in [0.15, 0.2) is 29.2 Å². The molecule has 0 aromatic heterocycles. The van der Waals surface area contributed by atoms with Crippen LogP contribution in [-0.2, 0) is 9.84 Å². The zero-order chi connectivity index (χ0) is 13.2. The molecule has 1 fully saturated rings. The van der Waals surface area contributed by atoms with Gasteiger partial charge >= 0.3 is 0 Å². The average Bonchev–Trinajstić information content (AvgIpc) is 2.38. The first-order chi connectivity index (χ1) is 8.50. The van der Waals surface area contributed by atoms with Crippen LogP contribution in [-0.4, -0.2) is 51.7 Å². The van der Waals surface area contributed by atoms with Crippen molar-refractivity contribution in [3.8, 4) is 0 Å². The summed E-state index contributed by atoms with van der Waals surface area (Å²) in [6, 6.07) is 6.36. The molecule has 0 bridgehead atoms. The van der Waals surface area contributed by atoms with E-state index in [0.717, 1.165) is 19.3 Å². The van der Waals surface area contributed by atoms with Crippen LogP contribution >= 0.6 is 0 Å². The fourth-order valence-corrected chi connectivity index (χ4v) is 2.89. The van der Waals surface area contributed by atoms with Gasteiger partial charge in [-0.3, -0.25) is 4.79 Å². The van der Waals surface area contributed by atoms with Gasteiger partial charge in [-0.1, -0.05) is 12.1 Å². The van der Waals surface area contributed by atoms with Crippen molar-refractivity contribution in [3.63, 3.8) is 0 Å². The first-order valence-electron chi connectivity index (χ1n) is 5.79. The van der Waals surface area contributed by atoms with Crippen molar-refractivity contribution in [2.24, 2.45) is 0 Å². The van der Waals surface area contributed by atoms with E-state index in [4.69, 9.17) is 0 Å². The van der Waals surface area contributed by atoms with Gasteiger partial charge in [-0.2, -0.15) is 0 Å². The van der Waals surface area contributed by atoms with Crippen molar-refractivity contribution in [1.82, 2.24) is 10.2 Å². The van der Waals surface area contributed by atoms with E-state index in [9.17, 15) is 13.2 Å². The van der Waals surface area contributed by atoms with E-state index in [-0.39, 0.29) is 16.4 Å². The Kier molecular flexibility index (Phi) is 3.68. The number of carbonyl (C=O) groups excluding carboxylic acids is 1. The van der Waals surface area contributed by atoms with Crippen LogP contribution in [0.5, 0.6) is 0 Å². The molecule has 1 amide bonds. The molecule has 0 atom stereocenters. The van der Waals surface area contributed by atoms with Crippen LogP contribution in [0.1, 0.15) is 10.4 Å². The summed E-state index contributed by atoms with van der Waals surface area (Å²) < 4.78 is 23.3. The third-order valence-corrected chi connectivity index (χ3v) is 4.08. The van der Waals surface area contributed by atoms with Gasteiger partial charge in [-0.05, 0) is 12.1 Å². The Balaban J connectivity index is 2.36. The molecule has 6 heteroatoms. The summed E-state index contributed by atoms with van der Waals surface area (Å²) >= 11 is 0. The molecule has 0 aliphatic carbocycles. The van der Waals surface area contributed by atoms with E-state index in [2.05, 4.69) is 5.32 Å². The smallest absolute Gasteiger partial charge is 0.255 e. The summed E-state index contributed by atoms with van der Waals surface area (Å²) in [4.78, 5) is 14.1. The predicted molar refractivity (Wildman–Crippen MR) is 68.3 cm³/mol. The SMILES string of the molecule is CS(=O)(=O)c1ccccc1C(=O)N1CCNCC1. The lowest BCUT2D eigenvalue weighted by Gasteiger charge is -2.28. The highest BCUT2D eigenvalue weighted by Gasteiger charge is 2.23. The molecular weight excluding hydrogens is 252 g/mol. The van der Waals surface area contributed by atoms with Crippen LogP contribution in [0.25, 0.3) is 0 Å². The Morgan fingerprint density at radius 3 is 2.44 bits per heavy atom.